The number of carbonyl (C=O) groups is 2. The number of rotatable bonds is 4. The normalized spacial score (nSPS) is 16.7. The number of fused-ring (bicyclic) bond motifs is 2. The van der Waals surface area contributed by atoms with Gasteiger partial charge in [-0.15, -0.1) is 0 Å². The van der Waals surface area contributed by atoms with Crippen LogP contribution in [0.1, 0.15) is 37.4 Å². The van der Waals surface area contributed by atoms with E-state index in [1.807, 2.05) is 30.9 Å². The van der Waals surface area contributed by atoms with Crippen LogP contribution in [-0.2, 0) is 17.3 Å². The summed E-state index contributed by atoms with van der Waals surface area (Å²) in [6.07, 6.45) is 0. The number of nitrogens with zero attached hydrogens (tertiary/aromatic N) is 3. The first-order valence-electron chi connectivity index (χ1n) is 13.6. The second kappa shape index (κ2) is 10.9. The Morgan fingerprint density at radius 3 is 2.34 bits per heavy atom. The Balaban J connectivity index is 1.34. The minimum absolute atomic E-state index is 0.173. The molecular weight excluding hydrogens is 537 g/mol. The van der Waals surface area contributed by atoms with Crippen LogP contribution in [0.15, 0.2) is 94.7 Å². The van der Waals surface area contributed by atoms with Crippen molar-refractivity contribution in [1.29, 1.82) is 0 Å². The zero-order valence-electron chi connectivity index (χ0n) is 23.0. The Bertz CT molecular complexity index is 1700. The Kier molecular flexibility index (Phi) is 7.17. The number of hydrogen-bond donors (Lipinski definition) is 0. The van der Waals surface area contributed by atoms with Crippen molar-refractivity contribution >= 4 is 34.0 Å². The lowest BCUT2D eigenvalue weighted by Crippen LogP contribution is -2.49. The van der Waals surface area contributed by atoms with Gasteiger partial charge in [-0.05, 0) is 67.4 Å². The third kappa shape index (κ3) is 5.04. The van der Waals surface area contributed by atoms with Crippen LogP contribution >= 0.6 is 0 Å². The molecule has 0 unspecified atom stereocenters. The maximum atomic E-state index is 14.3. The van der Waals surface area contributed by atoms with Crippen LogP contribution in [0.4, 0.5) is 15.8 Å². The molecule has 0 aromatic heterocycles. The van der Waals surface area contributed by atoms with E-state index < -0.39 is 10.8 Å². The van der Waals surface area contributed by atoms with E-state index in [2.05, 4.69) is 6.07 Å². The second-order valence-electron chi connectivity index (χ2n) is 10.5. The summed E-state index contributed by atoms with van der Waals surface area (Å²) in [5.74, 6) is -0.704. The zero-order valence-corrected chi connectivity index (χ0v) is 23.8. The molecule has 4 aromatic rings. The van der Waals surface area contributed by atoms with Crippen molar-refractivity contribution in [3.63, 3.8) is 0 Å². The van der Waals surface area contributed by atoms with Crippen molar-refractivity contribution in [2.75, 3.05) is 36.0 Å². The predicted octanol–water partition coefficient (Wildman–Crippen LogP) is 5.73. The van der Waals surface area contributed by atoms with E-state index >= 15 is 0 Å². The largest absolute Gasteiger partial charge is 0.366 e. The van der Waals surface area contributed by atoms with Gasteiger partial charge in [0.25, 0.3) is 11.8 Å². The van der Waals surface area contributed by atoms with Gasteiger partial charge in [0, 0.05) is 31.7 Å². The monoisotopic (exact) mass is 567 g/mol. The van der Waals surface area contributed by atoms with Crippen LogP contribution in [0.25, 0.3) is 0 Å². The van der Waals surface area contributed by atoms with Crippen LogP contribution < -0.4 is 9.80 Å². The van der Waals surface area contributed by atoms with E-state index in [0.717, 1.165) is 16.7 Å². The zero-order chi connectivity index (χ0) is 28.7. The summed E-state index contributed by atoms with van der Waals surface area (Å²) in [6, 6.07) is 24.9. The van der Waals surface area contributed by atoms with E-state index in [-0.39, 0.29) is 24.2 Å². The highest BCUT2D eigenvalue weighted by atomic mass is 32.2. The van der Waals surface area contributed by atoms with Crippen LogP contribution in [0.2, 0.25) is 0 Å². The van der Waals surface area contributed by atoms with E-state index in [9.17, 15) is 18.2 Å². The highest BCUT2D eigenvalue weighted by Crippen LogP contribution is 2.37. The van der Waals surface area contributed by atoms with Crippen LogP contribution in [0.5, 0.6) is 0 Å². The van der Waals surface area contributed by atoms with Crippen molar-refractivity contribution in [2.45, 2.75) is 30.2 Å². The molecule has 0 N–H and O–H groups in total. The topological polar surface area (TPSA) is 60.9 Å². The molecule has 6 rings (SSSR count). The first-order chi connectivity index (χ1) is 19.8. The molecule has 2 amide bonds. The summed E-state index contributed by atoms with van der Waals surface area (Å²) in [4.78, 5) is 34.0. The van der Waals surface area contributed by atoms with Crippen LogP contribution in [-0.4, -0.2) is 47.1 Å². The fourth-order valence-electron chi connectivity index (χ4n) is 5.54. The molecule has 0 aliphatic carbocycles. The Morgan fingerprint density at radius 2 is 1.56 bits per heavy atom. The maximum Gasteiger partial charge on any atom is 0.259 e. The van der Waals surface area contributed by atoms with Crippen molar-refractivity contribution < 1.29 is 18.2 Å². The average Bonchev–Trinajstić information content (AvgIpc) is 3.08. The molecule has 2 aliphatic rings. The summed E-state index contributed by atoms with van der Waals surface area (Å²) in [6.45, 7) is 6.19. The minimum Gasteiger partial charge on any atom is -0.366 e. The molecule has 0 spiro atoms. The molecule has 41 heavy (non-hydrogen) atoms. The number of hydrogen-bond acceptors (Lipinski definition) is 4. The molecular formula is C33H30FN3O3S. The number of para-hydroxylation sites is 1. The third-order valence-electron chi connectivity index (χ3n) is 7.85. The van der Waals surface area contributed by atoms with Gasteiger partial charge in [-0.1, -0.05) is 48.0 Å². The van der Waals surface area contributed by atoms with Gasteiger partial charge in [0.1, 0.15) is 5.82 Å². The number of benzene rings is 4. The van der Waals surface area contributed by atoms with Gasteiger partial charge < -0.3 is 14.7 Å². The quantitative estimate of drug-likeness (QED) is 0.316. The molecule has 1 atom stereocenters. The number of carbonyl (C=O) groups excluding carboxylic acids is 2. The molecule has 1 fully saturated rings. The fourth-order valence-corrected chi connectivity index (χ4v) is 6.88. The van der Waals surface area contributed by atoms with Gasteiger partial charge in [0.15, 0.2) is 0 Å². The first-order valence-corrected chi connectivity index (χ1v) is 14.8. The summed E-state index contributed by atoms with van der Waals surface area (Å²) in [5.41, 5.74) is 4.93. The molecule has 2 aliphatic heterocycles. The summed E-state index contributed by atoms with van der Waals surface area (Å²) < 4.78 is 28.1. The standard InChI is InChI=1S/C33H30FN3O3S/c1-22-11-12-23(2)25(19-22)21-37-29-20-24(13-14-31(29)41(40)30-10-6-3-7-26(30)33(37)39)32(38)36-17-15-35(16-18-36)28-9-5-4-8-27(28)34/h3-14,19-20H,15-18,21H2,1-2H3/t41-/m0/s1. The molecule has 6 nitrogen and oxygen atoms in total. The second-order valence-corrected chi connectivity index (χ2v) is 11.9. The number of aryl methyl sites for hydroxylation is 2. The molecule has 1 saturated heterocycles. The molecule has 0 bridgehead atoms. The van der Waals surface area contributed by atoms with E-state index in [0.29, 0.717) is 58.5 Å². The van der Waals surface area contributed by atoms with Crippen molar-refractivity contribution in [1.82, 2.24) is 4.90 Å². The fraction of sp³-hybridized carbons (Fsp3) is 0.212. The summed E-state index contributed by atoms with van der Waals surface area (Å²) in [7, 11) is -1.60. The van der Waals surface area contributed by atoms with Crippen molar-refractivity contribution in [3.8, 4) is 0 Å². The highest BCUT2D eigenvalue weighted by molar-refractivity contribution is 7.85. The lowest BCUT2D eigenvalue weighted by Gasteiger charge is -2.36. The van der Waals surface area contributed by atoms with E-state index in [4.69, 9.17) is 0 Å². The number of piperazine rings is 1. The average molecular weight is 568 g/mol. The van der Waals surface area contributed by atoms with Gasteiger partial charge in [-0.3, -0.25) is 9.59 Å². The molecule has 4 aromatic carbocycles. The minimum atomic E-state index is -1.60. The van der Waals surface area contributed by atoms with Gasteiger partial charge >= 0.3 is 0 Å². The van der Waals surface area contributed by atoms with Gasteiger partial charge in [-0.2, -0.15) is 0 Å². The van der Waals surface area contributed by atoms with Crippen molar-refractivity contribution in [2.24, 2.45) is 0 Å². The van der Waals surface area contributed by atoms with Crippen LogP contribution in [0.3, 0.4) is 0 Å². The molecule has 208 valence electrons. The highest BCUT2D eigenvalue weighted by Gasteiger charge is 2.33. The number of anilines is 2. The van der Waals surface area contributed by atoms with Gasteiger partial charge in [0.05, 0.1) is 44.1 Å². The predicted molar refractivity (Wildman–Crippen MR) is 159 cm³/mol. The molecule has 8 heteroatoms. The molecule has 0 radical (unpaired) electrons. The van der Waals surface area contributed by atoms with Crippen molar-refractivity contribution in [3.05, 3.63) is 119 Å². The third-order valence-corrected chi connectivity index (χ3v) is 9.35. The summed E-state index contributed by atoms with van der Waals surface area (Å²) >= 11 is 0. The molecule has 0 saturated carbocycles. The Labute approximate surface area is 241 Å². The summed E-state index contributed by atoms with van der Waals surface area (Å²) in [5, 5.41) is 0. The lowest BCUT2D eigenvalue weighted by atomic mass is 10.0. The first kappa shape index (κ1) is 26.9. The van der Waals surface area contributed by atoms with E-state index in [1.54, 1.807) is 70.5 Å². The maximum absolute atomic E-state index is 14.3. The smallest absolute Gasteiger partial charge is 0.259 e. The molecule has 2 heterocycles. The van der Waals surface area contributed by atoms with Gasteiger partial charge in [-0.25, -0.2) is 8.60 Å². The van der Waals surface area contributed by atoms with E-state index in [1.165, 1.54) is 6.07 Å². The Morgan fingerprint density at radius 1 is 0.829 bits per heavy atom. The van der Waals surface area contributed by atoms with Gasteiger partial charge in [0.2, 0.25) is 0 Å². The lowest BCUT2D eigenvalue weighted by molar-refractivity contribution is 0.0746. The Hall–Kier alpha value is -4.30. The number of halogens is 1. The number of amides is 2. The SMILES string of the molecule is Cc1ccc(C)c(CN2C(=O)c3ccccc3[S@](=O)c3ccc(C(=O)N4CCN(c5ccccc5F)CC4)cc32)c1. The van der Waals surface area contributed by atoms with Crippen LogP contribution in [0, 0.1) is 19.7 Å².